The zero-order chi connectivity index (χ0) is 21.7. The summed E-state index contributed by atoms with van der Waals surface area (Å²) in [4.78, 5) is 15.6. The number of methoxy groups -OCH3 is 1. The van der Waals surface area contributed by atoms with E-state index in [1.165, 1.54) is 18.3 Å². The largest absolute Gasteiger partial charge is 0.478 e. The summed E-state index contributed by atoms with van der Waals surface area (Å²) in [6, 6.07) is 11.9. The van der Waals surface area contributed by atoms with Crippen molar-refractivity contribution in [2.75, 3.05) is 12.5 Å². The number of carbonyl (C=O) groups is 1. The van der Waals surface area contributed by atoms with Gasteiger partial charge in [-0.15, -0.1) is 0 Å². The van der Waals surface area contributed by atoms with E-state index in [-0.39, 0.29) is 17.2 Å². The minimum absolute atomic E-state index is 0.0103. The quantitative estimate of drug-likeness (QED) is 0.424. The van der Waals surface area contributed by atoms with E-state index in [1.54, 1.807) is 31.4 Å². The molecular weight excluding hydrogens is 408 g/mol. The van der Waals surface area contributed by atoms with Crippen molar-refractivity contribution in [3.8, 4) is 17.4 Å². The van der Waals surface area contributed by atoms with Gasteiger partial charge in [-0.1, -0.05) is 11.6 Å². The van der Waals surface area contributed by atoms with Crippen LogP contribution >= 0.6 is 11.6 Å². The third kappa shape index (κ3) is 4.66. The Labute approximate surface area is 177 Å². The van der Waals surface area contributed by atoms with Crippen molar-refractivity contribution in [2.24, 2.45) is 5.10 Å². The predicted molar refractivity (Wildman–Crippen MR) is 112 cm³/mol. The summed E-state index contributed by atoms with van der Waals surface area (Å²) in [5.74, 6) is 0.0829. The van der Waals surface area contributed by atoms with E-state index in [4.69, 9.17) is 20.8 Å². The lowest BCUT2D eigenvalue weighted by atomic mass is 10.1. The number of rotatable bonds is 7. The van der Waals surface area contributed by atoms with Crippen LogP contribution in [0.3, 0.4) is 0 Å². The maximum atomic E-state index is 11.2. The van der Waals surface area contributed by atoms with Crippen molar-refractivity contribution in [3.63, 3.8) is 0 Å². The number of nitrogens with zero attached hydrogens (tertiary/aromatic N) is 3. The predicted octanol–water partition coefficient (Wildman–Crippen LogP) is 4.47. The van der Waals surface area contributed by atoms with Crippen LogP contribution in [0.5, 0.6) is 0 Å². The average Bonchev–Trinajstić information content (AvgIpc) is 3.17. The van der Waals surface area contributed by atoms with Crippen molar-refractivity contribution < 1.29 is 19.1 Å². The molecule has 0 radical (unpaired) electrons. The number of halogens is 1. The number of ether oxygens (including phenoxy) is 1. The minimum Gasteiger partial charge on any atom is -0.478 e. The van der Waals surface area contributed by atoms with Gasteiger partial charge in [0.15, 0.2) is 5.82 Å². The van der Waals surface area contributed by atoms with Crippen molar-refractivity contribution >= 4 is 29.6 Å². The number of hydrazone groups is 1. The molecule has 0 spiro atoms. The summed E-state index contributed by atoms with van der Waals surface area (Å²) in [6.07, 6.45) is 1.43. The molecule has 3 rings (SSSR count). The topological polar surface area (TPSA) is 121 Å². The number of nitriles is 1. The molecule has 2 N–H and O–H groups in total. The van der Waals surface area contributed by atoms with E-state index in [9.17, 15) is 15.2 Å². The summed E-state index contributed by atoms with van der Waals surface area (Å²) < 4.78 is 10.8. The van der Waals surface area contributed by atoms with E-state index in [0.717, 1.165) is 5.69 Å². The van der Waals surface area contributed by atoms with Gasteiger partial charge in [0.2, 0.25) is 0 Å². The lowest BCUT2D eigenvalue weighted by molar-refractivity contribution is 0.0697. The number of aromatic nitrogens is 1. The fourth-order valence-corrected chi connectivity index (χ4v) is 2.99. The van der Waals surface area contributed by atoms with Crippen LogP contribution in [-0.4, -0.2) is 29.4 Å². The molecule has 0 unspecified atom stereocenters. The Balaban J connectivity index is 1.80. The first-order valence-electron chi connectivity index (χ1n) is 8.74. The molecule has 0 atom stereocenters. The Morgan fingerprint density at radius 2 is 2.20 bits per heavy atom. The Morgan fingerprint density at radius 3 is 2.90 bits per heavy atom. The van der Waals surface area contributed by atoms with E-state index >= 15 is 0 Å². The summed E-state index contributed by atoms with van der Waals surface area (Å²) in [7, 11) is 1.55. The first-order valence-corrected chi connectivity index (χ1v) is 9.12. The fourth-order valence-electron chi connectivity index (χ4n) is 2.79. The summed E-state index contributed by atoms with van der Waals surface area (Å²) in [5, 5.41) is 22.9. The maximum absolute atomic E-state index is 11.2. The van der Waals surface area contributed by atoms with Gasteiger partial charge in [0.05, 0.1) is 23.4 Å². The number of nitrogens with one attached hydrogen (secondary N) is 1. The van der Waals surface area contributed by atoms with E-state index in [1.807, 2.05) is 6.92 Å². The number of anilines is 1. The van der Waals surface area contributed by atoms with Crippen molar-refractivity contribution in [3.05, 3.63) is 69.6 Å². The average molecular weight is 425 g/mol. The van der Waals surface area contributed by atoms with Crippen LogP contribution in [0, 0.1) is 18.3 Å². The number of aryl methyl sites for hydroxylation is 1. The number of benzene rings is 1. The highest BCUT2D eigenvalue weighted by Gasteiger charge is 2.13. The molecule has 0 amide bonds. The maximum Gasteiger partial charge on any atom is 0.337 e. The number of aromatic carboxylic acids is 1. The van der Waals surface area contributed by atoms with Crippen molar-refractivity contribution in [1.82, 2.24) is 4.98 Å². The Bertz CT molecular complexity index is 1160. The van der Waals surface area contributed by atoms with Gasteiger partial charge in [-0.2, -0.15) is 10.4 Å². The molecule has 0 bridgehead atoms. The lowest BCUT2D eigenvalue weighted by Crippen LogP contribution is -2.03. The van der Waals surface area contributed by atoms with Crippen LogP contribution in [0.15, 0.2) is 45.9 Å². The van der Waals surface area contributed by atoms with Gasteiger partial charge in [0.1, 0.15) is 23.2 Å². The monoisotopic (exact) mass is 424 g/mol. The molecule has 30 heavy (non-hydrogen) atoms. The van der Waals surface area contributed by atoms with Gasteiger partial charge in [-0.25, -0.2) is 9.78 Å². The Morgan fingerprint density at radius 1 is 1.40 bits per heavy atom. The number of hydrogen-bond donors (Lipinski definition) is 2. The second kappa shape index (κ2) is 9.22. The number of carboxylic acids is 1. The van der Waals surface area contributed by atoms with Gasteiger partial charge in [0, 0.05) is 23.9 Å². The molecule has 152 valence electrons. The highest BCUT2D eigenvalue weighted by Crippen LogP contribution is 2.27. The molecule has 2 heterocycles. The number of carboxylic acid groups (broad SMARTS) is 1. The van der Waals surface area contributed by atoms with Gasteiger partial charge in [-0.3, -0.25) is 5.43 Å². The smallest absolute Gasteiger partial charge is 0.337 e. The third-order valence-electron chi connectivity index (χ3n) is 4.11. The number of hydrogen-bond acceptors (Lipinski definition) is 7. The van der Waals surface area contributed by atoms with Crippen molar-refractivity contribution in [2.45, 2.75) is 13.5 Å². The van der Waals surface area contributed by atoms with Crippen LogP contribution in [-0.2, 0) is 11.3 Å². The zero-order valence-corrected chi connectivity index (χ0v) is 16.9. The Hall–Kier alpha value is -3.67. The van der Waals surface area contributed by atoms with Gasteiger partial charge < -0.3 is 14.3 Å². The summed E-state index contributed by atoms with van der Waals surface area (Å²) >= 11 is 5.90. The third-order valence-corrected chi connectivity index (χ3v) is 4.44. The standard InChI is InChI=1S/C21H17ClN4O4/c1-12-7-14(11-29-2)17(9-23)20(25-12)26-24-10-15-4-6-19(30-15)13-3-5-18(22)16(8-13)21(27)28/h3-8,10H,11H2,1-2H3,(H,25,26)(H,27,28)/b24-10-. The summed E-state index contributed by atoms with van der Waals surface area (Å²) in [6.45, 7) is 2.09. The first kappa shape index (κ1) is 21.0. The van der Waals surface area contributed by atoms with Gasteiger partial charge in [-0.05, 0) is 43.3 Å². The zero-order valence-electron chi connectivity index (χ0n) is 16.1. The Kier molecular flexibility index (Phi) is 6.47. The van der Waals surface area contributed by atoms with Crippen LogP contribution < -0.4 is 5.43 Å². The van der Waals surface area contributed by atoms with Gasteiger partial charge in [0.25, 0.3) is 0 Å². The molecule has 1 aromatic carbocycles. The van der Waals surface area contributed by atoms with Crippen molar-refractivity contribution in [1.29, 1.82) is 5.26 Å². The lowest BCUT2D eigenvalue weighted by Gasteiger charge is -2.08. The normalized spacial score (nSPS) is 10.9. The fraction of sp³-hybridized carbons (Fsp3) is 0.143. The molecule has 0 fully saturated rings. The first-order chi connectivity index (χ1) is 14.4. The molecule has 8 nitrogen and oxygen atoms in total. The molecule has 0 aliphatic rings. The molecule has 3 aromatic rings. The van der Waals surface area contributed by atoms with E-state index < -0.39 is 5.97 Å². The van der Waals surface area contributed by atoms with Crippen LogP contribution in [0.1, 0.15) is 32.9 Å². The van der Waals surface area contributed by atoms with Crippen LogP contribution in [0.25, 0.3) is 11.3 Å². The second-order valence-electron chi connectivity index (χ2n) is 6.26. The molecule has 0 aliphatic heterocycles. The number of furan rings is 1. The van der Waals surface area contributed by atoms with E-state index in [0.29, 0.717) is 34.0 Å². The molecule has 0 saturated heterocycles. The molecular formula is C21H17ClN4O4. The molecule has 0 aliphatic carbocycles. The molecule has 9 heteroatoms. The second-order valence-corrected chi connectivity index (χ2v) is 6.67. The number of pyridine rings is 1. The SMILES string of the molecule is COCc1cc(C)nc(N/N=C\c2ccc(-c3ccc(Cl)c(C(=O)O)c3)o2)c1C#N. The van der Waals surface area contributed by atoms with Gasteiger partial charge >= 0.3 is 5.97 Å². The highest BCUT2D eigenvalue weighted by atomic mass is 35.5. The van der Waals surface area contributed by atoms with E-state index in [2.05, 4.69) is 21.6 Å². The minimum atomic E-state index is -1.12. The summed E-state index contributed by atoms with van der Waals surface area (Å²) in [5.41, 5.74) is 5.10. The molecule has 0 saturated carbocycles. The highest BCUT2D eigenvalue weighted by molar-refractivity contribution is 6.33. The van der Waals surface area contributed by atoms with Crippen LogP contribution in [0.2, 0.25) is 5.02 Å². The molecule has 2 aromatic heterocycles. The van der Waals surface area contributed by atoms with Crippen LogP contribution in [0.4, 0.5) is 5.82 Å².